The molecule has 1 aliphatic heterocycles. The summed E-state index contributed by atoms with van der Waals surface area (Å²) < 4.78 is 11.4. The Bertz CT molecular complexity index is 958. The van der Waals surface area contributed by atoms with E-state index < -0.39 is 17.7 Å². The third kappa shape index (κ3) is 4.84. The number of hydrogen-bond donors (Lipinski definition) is 1. The topological polar surface area (TPSA) is 80.0 Å². The van der Waals surface area contributed by atoms with Crippen molar-refractivity contribution in [1.29, 1.82) is 0 Å². The maximum atomic E-state index is 12.9. The van der Waals surface area contributed by atoms with Crippen LogP contribution in [-0.4, -0.2) is 34.8 Å². The molecule has 0 aliphatic carbocycles. The number of aryl methyl sites for hydroxylation is 1. The Morgan fingerprint density at radius 2 is 2.00 bits per heavy atom. The second-order valence-electron chi connectivity index (χ2n) is 8.40. The van der Waals surface area contributed by atoms with Crippen LogP contribution in [0.2, 0.25) is 0 Å². The molecule has 1 amide bonds. The molecule has 2 aromatic rings. The van der Waals surface area contributed by atoms with E-state index >= 15 is 0 Å². The van der Waals surface area contributed by atoms with Crippen LogP contribution in [0.15, 0.2) is 46.6 Å². The van der Waals surface area contributed by atoms with E-state index in [1.165, 1.54) is 11.2 Å². The molecule has 166 valence electrons. The van der Waals surface area contributed by atoms with Gasteiger partial charge in [-0.05, 0) is 55.2 Å². The van der Waals surface area contributed by atoms with Gasteiger partial charge in [0, 0.05) is 12.1 Å². The average molecular weight is 426 g/mol. The number of amides is 1. The third-order valence-electron chi connectivity index (χ3n) is 5.38. The molecule has 2 heterocycles. The number of unbranched alkanes of at least 4 members (excludes halogenated alkanes) is 2. The Hall–Kier alpha value is -3.02. The van der Waals surface area contributed by atoms with Crippen LogP contribution in [0.4, 0.5) is 0 Å². The summed E-state index contributed by atoms with van der Waals surface area (Å²) in [4.78, 5) is 27.2. The lowest BCUT2D eigenvalue weighted by Crippen LogP contribution is -2.30. The Kier molecular flexibility index (Phi) is 7.21. The van der Waals surface area contributed by atoms with E-state index in [2.05, 4.69) is 20.8 Å². The number of Topliss-reactive ketones (excluding diaryl/α,β-unsaturated/α-hetero) is 1. The predicted molar refractivity (Wildman–Crippen MR) is 119 cm³/mol. The first kappa shape index (κ1) is 22.7. The van der Waals surface area contributed by atoms with Crippen LogP contribution < -0.4 is 4.74 Å². The highest BCUT2D eigenvalue weighted by atomic mass is 16.5. The lowest BCUT2D eigenvalue weighted by atomic mass is 9.98. The van der Waals surface area contributed by atoms with E-state index in [0.29, 0.717) is 30.4 Å². The highest BCUT2D eigenvalue weighted by Gasteiger charge is 2.47. The number of hydrogen-bond acceptors (Lipinski definition) is 5. The fourth-order valence-electron chi connectivity index (χ4n) is 3.76. The van der Waals surface area contributed by atoms with E-state index in [-0.39, 0.29) is 11.3 Å². The van der Waals surface area contributed by atoms with Gasteiger partial charge in [0.1, 0.15) is 23.3 Å². The third-order valence-corrected chi connectivity index (χ3v) is 5.38. The molecule has 1 fully saturated rings. The second-order valence-corrected chi connectivity index (χ2v) is 8.40. The number of aliphatic hydroxyl groups is 1. The molecule has 0 saturated carbocycles. The van der Waals surface area contributed by atoms with Gasteiger partial charge in [-0.1, -0.05) is 33.6 Å². The minimum absolute atomic E-state index is 0.0618. The summed E-state index contributed by atoms with van der Waals surface area (Å²) in [6, 6.07) is 7.98. The minimum Gasteiger partial charge on any atom is -0.507 e. The summed E-state index contributed by atoms with van der Waals surface area (Å²) in [6.45, 7) is 9.14. The van der Waals surface area contributed by atoms with Crippen molar-refractivity contribution < 1.29 is 23.8 Å². The average Bonchev–Trinajstić information content (AvgIpc) is 3.35. The molecule has 0 radical (unpaired) electrons. The molecule has 1 aromatic heterocycles. The molecule has 1 aromatic carbocycles. The van der Waals surface area contributed by atoms with Gasteiger partial charge in [-0.2, -0.15) is 0 Å². The number of carbonyl (C=O) groups is 2. The highest BCUT2D eigenvalue weighted by molar-refractivity contribution is 6.46. The summed E-state index contributed by atoms with van der Waals surface area (Å²) in [5.74, 6) is 0.0975. The predicted octanol–water partition coefficient (Wildman–Crippen LogP) is 5.23. The van der Waals surface area contributed by atoms with Gasteiger partial charge >= 0.3 is 0 Å². The number of nitrogens with zero attached hydrogens (tertiary/aromatic N) is 1. The van der Waals surface area contributed by atoms with Gasteiger partial charge in [0.15, 0.2) is 0 Å². The fraction of sp³-hybridized carbons (Fsp3) is 0.440. The fourth-order valence-corrected chi connectivity index (χ4v) is 3.76. The van der Waals surface area contributed by atoms with E-state index in [0.717, 1.165) is 30.6 Å². The monoisotopic (exact) mass is 425 g/mol. The SMILES string of the molecule is CCCCCN1C(=O)C(=O)/C(=C(\O)c2ccc(OCC(C)C)c(C)c2)C1c1ccco1. The highest BCUT2D eigenvalue weighted by Crippen LogP contribution is 2.40. The standard InChI is InChI=1S/C25H31NO5/c1-5-6-7-12-26-22(20-9-8-13-30-20)21(24(28)25(26)29)23(27)18-10-11-19(17(4)14-18)31-15-16(2)3/h8-11,13-14,16,22,27H,5-7,12,15H2,1-4H3/b23-21-. The molecular formula is C25H31NO5. The van der Waals surface area contributed by atoms with Crippen molar-refractivity contribution in [2.45, 2.75) is 53.0 Å². The molecule has 1 saturated heterocycles. The summed E-state index contributed by atoms with van der Waals surface area (Å²) in [5.41, 5.74) is 1.38. The summed E-state index contributed by atoms with van der Waals surface area (Å²) in [6.07, 6.45) is 4.24. The van der Waals surface area contributed by atoms with Crippen LogP contribution >= 0.6 is 0 Å². The largest absolute Gasteiger partial charge is 0.507 e. The van der Waals surface area contributed by atoms with Crippen LogP contribution in [0.1, 0.15) is 63.0 Å². The number of ketones is 1. The molecule has 3 rings (SSSR count). The number of carbonyl (C=O) groups excluding carboxylic acids is 2. The van der Waals surface area contributed by atoms with Crippen molar-refractivity contribution in [3.05, 3.63) is 59.1 Å². The van der Waals surface area contributed by atoms with Crippen molar-refractivity contribution >= 4 is 17.4 Å². The van der Waals surface area contributed by atoms with Crippen molar-refractivity contribution in [1.82, 2.24) is 4.90 Å². The first-order valence-electron chi connectivity index (χ1n) is 10.9. The second kappa shape index (κ2) is 9.86. The number of ether oxygens (including phenoxy) is 1. The van der Waals surface area contributed by atoms with E-state index in [9.17, 15) is 14.7 Å². The zero-order valence-electron chi connectivity index (χ0n) is 18.7. The van der Waals surface area contributed by atoms with Crippen molar-refractivity contribution in [3.8, 4) is 5.75 Å². The quantitative estimate of drug-likeness (QED) is 0.257. The maximum Gasteiger partial charge on any atom is 0.295 e. The molecule has 0 spiro atoms. The Labute approximate surface area is 183 Å². The summed E-state index contributed by atoms with van der Waals surface area (Å²) in [7, 11) is 0. The van der Waals surface area contributed by atoms with Crippen LogP contribution in [0.5, 0.6) is 5.75 Å². The molecule has 31 heavy (non-hydrogen) atoms. The van der Waals surface area contributed by atoms with Crippen LogP contribution in [0, 0.1) is 12.8 Å². The van der Waals surface area contributed by atoms with Gasteiger partial charge in [-0.25, -0.2) is 0 Å². The normalized spacial score (nSPS) is 18.2. The van der Waals surface area contributed by atoms with Gasteiger partial charge < -0.3 is 19.2 Å². The minimum atomic E-state index is -0.732. The van der Waals surface area contributed by atoms with Crippen LogP contribution in [0.25, 0.3) is 5.76 Å². The lowest BCUT2D eigenvalue weighted by Gasteiger charge is -2.23. The summed E-state index contributed by atoms with van der Waals surface area (Å²) in [5, 5.41) is 11.1. The van der Waals surface area contributed by atoms with Gasteiger partial charge in [0.2, 0.25) is 0 Å². The molecule has 1 N–H and O–H groups in total. The van der Waals surface area contributed by atoms with E-state index in [4.69, 9.17) is 9.15 Å². The van der Waals surface area contributed by atoms with Crippen LogP contribution in [-0.2, 0) is 9.59 Å². The van der Waals surface area contributed by atoms with Gasteiger partial charge in [0.05, 0.1) is 18.4 Å². The molecule has 6 nitrogen and oxygen atoms in total. The van der Waals surface area contributed by atoms with E-state index in [1.54, 1.807) is 30.3 Å². The first-order valence-corrected chi connectivity index (χ1v) is 10.9. The molecule has 6 heteroatoms. The van der Waals surface area contributed by atoms with Gasteiger partial charge in [-0.3, -0.25) is 9.59 Å². The molecule has 1 atom stereocenters. The lowest BCUT2D eigenvalue weighted by molar-refractivity contribution is -0.140. The smallest absolute Gasteiger partial charge is 0.295 e. The number of aliphatic hydroxyl groups excluding tert-OH is 1. The Balaban J connectivity index is 2.00. The van der Waals surface area contributed by atoms with Gasteiger partial charge in [-0.15, -0.1) is 0 Å². The number of furan rings is 1. The molecule has 1 unspecified atom stereocenters. The summed E-state index contributed by atoms with van der Waals surface area (Å²) >= 11 is 0. The molecular weight excluding hydrogens is 394 g/mol. The zero-order valence-corrected chi connectivity index (χ0v) is 18.7. The molecule has 1 aliphatic rings. The molecule has 0 bridgehead atoms. The number of benzene rings is 1. The Morgan fingerprint density at radius 1 is 1.23 bits per heavy atom. The Morgan fingerprint density at radius 3 is 2.61 bits per heavy atom. The number of rotatable bonds is 9. The van der Waals surface area contributed by atoms with Gasteiger partial charge in [0.25, 0.3) is 11.7 Å². The van der Waals surface area contributed by atoms with Crippen molar-refractivity contribution in [2.75, 3.05) is 13.2 Å². The van der Waals surface area contributed by atoms with Crippen molar-refractivity contribution in [3.63, 3.8) is 0 Å². The van der Waals surface area contributed by atoms with E-state index in [1.807, 2.05) is 6.92 Å². The van der Waals surface area contributed by atoms with Crippen LogP contribution in [0.3, 0.4) is 0 Å². The number of likely N-dealkylation sites (tertiary alicyclic amines) is 1. The first-order chi connectivity index (χ1) is 14.8. The maximum absolute atomic E-state index is 12.9. The van der Waals surface area contributed by atoms with Crippen molar-refractivity contribution in [2.24, 2.45) is 5.92 Å². The zero-order chi connectivity index (χ0) is 22.5.